The van der Waals surface area contributed by atoms with Gasteiger partial charge in [-0.25, -0.2) is 0 Å². The van der Waals surface area contributed by atoms with Crippen molar-refractivity contribution in [1.82, 2.24) is 9.80 Å². The molecule has 0 aliphatic carbocycles. The molecule has 0 N–H and O–H groups in total. The monoisotopic (exact) mass is 392 g/mol. The maximum atomic E-state index is 13.5. The summed E-state index contributed by atoms with van der Waals surface area (Å²) in [5.74, 6) is 0.370. The van der Waals surface area contributed by atoms with Crippen LogP contribution in [0.3, 0.4) is 0 Å². The van der Waals surface area contributed by atoms with Gasteiger partial charge in [0.15, 0.2) is 0 Å². The number of fused-ring (bicyclic) bond motifs is 1. The fourth-order valence-corrected chi connectivity index (χ4v) is 6.64. The van der Waals surface area contributed by atoms with Gasteiger partial charge in [0.2, 0.25) is 5.91 Å². The van der Waals surface area contributed by atoms with Crippen molar-refractivity contribution in [3.05, 3.63) is 71.8 Å². The maximum absolute atomic E-state index is 13.5. The van der Waals surface area contributed by atoms with Crippen molar-refractivity contribution in [1.29, 1.82) is 0 Å². The Morgan fingerprint density at radius 1 is 0.929 bits per heavy atom. The summed E-state index contributed by atoms with van der Waals surface area (Å²) in [6, 6.07) is 20.1. The van der Waals surface area contributed by atoms with Crippen LogP contribution in [0.15, 0.2) is 60.7 Å². The molecule has 3 fully saturated rings. The number of rotatable bonds is 2. The lowest BCUT2D eigenvalue weighted by Gasteiger charge is -2.38. The maximum Gasteiger partial charge on any atom is 0.253 e. The molecule has 0 saturated carbocycles. The van der Waals surface area contributed by atoms with E-state index in [4.69, 9.17) is 0 Å². The van der Waals surface area contributed by atoms with Gasteiger partial charge in [0, 0.05) is 18.7 Å². The number of piperidine rings is 1. The predicted molar refractivity (Wildman–Crippen MR) is 111 cm³/mol. The Bertz CT molecular complexity index is 878. The summed E-state index contributed by atoms with van der Waals surface area (Å²) in [5, 5.41) is 0.286. The quantitative estimate of drug-likeness (QED) is 0.773. The Morgan fingerprint density at radius 3 is 2.25 bits per heavy atom. The number of likely N-dealkylation sites (tertiary alicyclic amines) is 1. The SMILES string of the molecule is O=C(c1ccccc1)N1CCC2(CC1)SC1CCC(c3ccccc3)N1C2=O. The molecule has 5 heteroatoms. The van der Waals surface area contributed by atoms with E-state index in [1.165, 1.54) is 5.56 Å². The molecule has 2 aromatic rings. The van der Waals surface area contributed by atoms with Crippen molar-refractivity contribution < 1.29 is 9.59 Å². The molecule has 3 heterocycles. The molecular weight excluding hydrogens is 368 g/mol. The van der Waals surface area contributed by atoms with E-state index in [9.17, 15) is 9.59 Å². The van der Waals surface area contributed by atoms with E-state index in [0.29, 0.717) is 19.0 Å². The molecule has 0 aromatic heterocycles. The Hall–Kier alpha value is -2.27. The number of carbonyl (C=O) groups excluding carboxylic acids is 2. The van der Waals surface area contributed by atoms with Crippen molar-refractivity contribution in [3.8, 4) is 0 Å². The van der Waals surface area contributed by atoms with E-state index in [-0.39, 0.29) is 22.1 Å². The number of hydrogen-bond donors (Lipinski definition) is 0. The van der Waals surface area contributed by atoms with Crippen LogP contribution in [0.2, 0.25) is 0 Å². The zero-order chi connectivity index (χ0) is 19.1. The minimum absolute atomic E-state index is 0.0774. The highest BCUT2D eigenvalue weighted by Crippen LogP contribution is 2.55. The van der Waals surface area contributed by atoms with Gasteiger partial charge in [-0.1, -0.05) is 48.5 Å². The van der Waals surface area contributed by atoms with Gasteiger partial charge in [-0.15, -0.1) is 11.8 Å². The highest BCUT2D eigenvalue weighted by atomic mass is 32.2. The molecule has 4 nitrogen and oxygen atoms in total. The topological polar surface area (TPSA) is 40.6 Å². The lowest BCUT2D eigenvalue weighted by Crippen LogP contribution is -2.49. The molecule has 3 aliphatic heterocycles. The first-order chi connectivity index (χ1) is 13.7. The molecule has 0 bridgehead atoms. The zero-order valence-corrected chi connectivity index (χ0v) is 16.6. The van der Waals surface area contributed by atoms with Crippen LogP contribution >= 0.6 is 11.8 Å². The van der Waals surface area contributed by atoms with E-state index in [2.05, 4.69) is 29.2 Å². The second-order valence-corrected chi connectivity index (χ2v) is 9.50. The van der Waals surface area contributed by atoms with Crippen LogP contribution < -0.4 is 0 Å². The van der Waals surface area contributed by atoms with Crippen LogP contribution in [0.1, 0.15) is 47.6 Å². The Labute approximate surface area is 169 Å². The first-order valence-electron chi connectivity index (χ1n) is 10.1. The molecule has 1 spiro atoms. The van der Waals surface area contributed by atoms with Crippen LogP contribution in [0.5, 0.6) is 0 Å². The fraction of sp³-hybridized carbons (Fsp3) is 0.391. The Balaban J connectivity index is 1.31. The van der Waals surface area contributed by atoms with Crippen molar-refractivity contribution in [3.63, 3.8) is 0 Å². The third-order valence-electron chi connectivity index (χ3n) is 6.38. The number of amides is 2. The standard InChI is InChI=1S/C23H24N2O2S/c26-21(18-9-5-2-6-10-18)24-15-13-23(14-16-24)22(27)25-19(11-12-20(25)28-23)17-7-3-1-4-8-17/h1-10,19-20H,11-16H2. The van der Waals surface area contributed by atoms with E-state index >= 15 is 0 Å². The summed E-state index contributed by atoms with van der Waals surface area (Å²) < 4.78 is -0.342. The van der Waals surface area contributed by atoms with E-state index in [0.717, 1.165) is 31.2 Å². The number of nitrogens with zero attached hydrogens (tertiary/aromatic N) is 2. The molecule has 5 rings (SSSR count). The second-order valence-electron chi connectivity index (χ2n) is 7.94. The number of carbonyl (C=O) groups is 2. The molecule has 2 atom stereocenters. The molecule has 2 unspecified atom stereocenters. The normalized spacial score (nSPS) is 25.9. The predicted octanol–water partition coefficient (Wildman–Crippen LogP) is 4.10. The number of benzene rings is 2. The third-order valence-corrected chi connectivity index (χ3v) is 8.15. The minimum atomic E-state index is -0.342. The van der Waals surface area contributed by atoms with Crippen LogP contribution in [-0.4, -0.2) is 44.8 Å². The van der Waals surface area contributed by atoms with E-state index in [1.807, 2.05) is 53.1 Å². The summed E-state index contributed by atoms with van der Waals surface area (Å²) >= 11 is 1.86. The van der Waals surface area contributed by atoms with Gasteiger partial charge in [0.1, 0.15) is 4.75 Å². The summed E-state index contributed by atoms with van der Waals surface area (Å²) in [6.45, 7) is 1.31. The summed E-state index contributed by atoms with van der Waals surface area (Å²) in [6.07, 6.45) is 3.61. The van der Waals surface area contributed by atoms with Crippen molar-refractivity contribution in [2.24, 2.45) is 0 Å². The van der Waals surface area contributed by atoms with Gasteiger partial charge in [-0.3, -0.25) is 9.59 Å². The first kappa shape index (κ1) is 17.8. The average molecular weight is 393 g/mol. The number of thioether (sulfide) groups is 1. The molecule has 2 amide bonds. The molecule has 0 radical (unpaired) electrons. The van der Waals surface area contributed by atoms with Gasteiger partial charge in [-0.05, 0) is 43.4 Å². The molecule has 28 heavy (non-hydrogen) atoms. The smallest absolute Gasteiger partial charge is 0.253 e. The Morgan fingerprint density at radius 2 is 1.57 bits per heavy atom. The van der Waals surface area contributed by atoms with Gasteiger partial charge >= 0.3 is 0 Å². The van der Waals surface area contributed by atoms with Gasteiger partial charge in [-0.2, -0.15) is 0 Å². The molecular formula is C23H24N2O2S. The number of hydrogen-bond acceptors (Lipinski definition) is 3. The van der Waals surface area contributed by atoms with Crippen LogP contribution in [-0.2, 0) is 4.79 Å². The van der Waals surface area contributed by atoms with Gasteiger partial charge in [0.25, 0.3) is 5.91 Å². The van der Waals surface area contributed by atoms with E-state index in [1.54, 1.807) is 0 Å². The van der Waals surface area contributed by atoms with Crippen LogP contribution in [0, 0.1) is 0 Å². The van der Waals surface area contributed by atoms with Gasteiger partial charge in [0.05, 0.1) is 11.4 Å². The van der Waals surface area contributed by atoms with Gasteiger partial charge < -0.3 is 9.80 Å². The van der Waals surface area contributed by atoms with Crippen LogP contribution in [0.25, 0.3) is 0 Å². The molecule has 2 aromatic carbocycles. The first-order valence-corrected chi connectivity index (χ1v) is 11.0. The highest BCUT2D eigenvalue weighted by molar-refractivity contribution is 8.02. The molecule has 3 aliphatic rings. The minimum Gasteiger partial charge on any atom is -0.339 e. The largest absolute Gasteiger partial charge is 0.339 e. The van der Waals surface area contributed by atoms with Crippen LogP contribution in [0.4, 0.5) is 0 Å². The van der Waals surface area contributed by atoms with E-state index < -0.39 is 0 Å². The van der Waals surface area contributed by atoms with Crippen molar-refractivity contribution in [2.45, 2.75) is 41.8 Å². The second kappa shape index (κ2) is 6.96. The zero-order valence-electron chi connectivity index (χ0n) is 15.8. The summed E-state index contributed by atoms with van der Waals surface area (Å²) in [5.41, 5.74) is 1.97. The molecule has 144 valence electrons. The summed E-state index contributed by atoms with van der Waals surface area (Å²) in [4.78, 5) is 30.3. The fourth-order valence-electron chi connectivity index (χ4n) is 4.88. The molecule has 3 saturated heterocycles. The highest BCUT2D eigenvalue weighted by Gasteiger charge is 2.57. The Kier molecular flexibility index (Phi) is 4.43. The lowest BCUT2D eigenvalue weighted by atomic mass is 9.92. The van der Waals surface area contributed by atoms with Crippen molar-refractivity contribution >= 4 is 23.6 Å². The van der Waals surface area contributed by atoms with Crippen molar-refractivity contribution in [2.75, 3.05) is 13.1 Å². The summed E-state index contributed by atoms with van der Waals surface area (Å²) in [7, 11) is 0. The average Bonchev–Trinajstić information content (AvgIpc) is 3.28. The third kappa shape index (κ3) is 2.84. The lowest BCUT2D eigenvalue weighted by molar-refractivity contribution is -0.134.